The van der Waals surface area contributed by atoms with E-state index in [1.54, 1.807) is 24.4 Å². The van der Waals surface area contributed by atoms with Crippen molar-refractivity contribution in [3.8, 4) is 5.75 Å². The highest BCUT2D eigenvalue weighted by atomic mass is 127. The second kappa shape index (κ2) is 12.0. The van der Waals surface area contributed by atoms with Crippen LogP contribution in [0.5, 0.6) is 5.75 Å². The third kappa shape index (κ3) is 6.37. The van der Waals surface area contributed by atoms with Crippen molar-refractivity contribution < 1.29 is 9.66 Å². The second-order valence-corrected chi connectivity index (χ2v) is 11.6. The number of nitro benzene ring substituents is 1. The van der Waals surface area contributed by atoms with Gasteiger partial charge >= 0.3 is 0 Å². The fraction of sp³-hybridized carbons (Fsp3) is 0.192. The highest BCUT2D eigenvalue weighted by molar-refractivity contribution is 14.1. The number of benzene rings is 3. The molecule has 0 amide bonds. The first-order chi connectivity index (χ1) is 17.7. The normalized spacial score (nSPS) is 12.2. The molecular formula is C26H21BrI2N4O4. The predicted molar refractivity (Wildman–Crippen MR) is 165 cm³/mol. The van der Waals surface area contributed by atoms with E-state index >= 15 is 0 Å². The van der Waals surface area contributed by atoms with Crippen LogP contribution in [-0.4, -0.2) is 20.8 Å². The molecule has 0 saturated heterocycles. The van der Waals surface area contributed by atoms with Crippen LogP contribution in [0.15, 0.2) is 69.0 Å². The van der Waals surface area contributed by atoms with Gasteiger partial charge in [-0.05, 0) is 93.1 Å². The Kier molecular flexibility index (Phi) is 8.95. The number of ether oxygens (including phenoxy) is 1. The highest BCUT2D eigenvalue weighted by Crippen LogP contribution is 2.30. The maximum Gasteiger partial charge on any atom is 0.282 e. The quantitative estimate of drug-likeness (QED) is 0.0812. The highest BCUT2D eigenvalue weighted by Gasteiger charge is 2.16. The molecule has 0 aliphatic rings. The van der Waals surface area contributed by atoms with Gasteiger partial charge in [-0.15, -0.1) is 0 Å². The summed E-state index contributed by atoms with van der Waals surface area (Å²) >= 11 is 7.80. The molecule has 0 aliphatic carbocycles. The van der Waals surface area contributed by atoms with E-state index in [4.69, 9.17) is 9.72 Å². The SMILES string of the molecule is CC[C@H](C)c1nc2ccc(Br)cc2c(=O)n1N=Cc1cc(I)c(OCc2cccc([N+](=O)[O-])c2)c(I)c1. The lowest BCUT2D eigenvalue weighted by molar-refractivity contribution is -0.384. The van der Waals surface area contributed by atoms with Gasteiger partial charge in [0.05, 0.1) is 29.2 Å². The van der Waals surface area contributed by atoms with Gasteiger partial charge in [0.25, 0.3) is 11.2 Å². The van der Waals surface area contributed by atoms with Crippen LogP contribution in [0.2, 0.25) is 0 Å². The summed E-state index contributed by atoms with van der Waals surface area (Å²) in [5.74, 6) is 1.34. The van der Waals surface area contributed by atoms with Gasteiger partial charge in [0.2, 0.25) is 0 Å². The smallest absolute Gasteiger partial charge is 0.282 e. The van der Waals surface area contributed by atoms with Crippen LogP contribution in [-0.2, 0) is 6.61 Å². The van der Waals surface area contributed by atoms with Crippen molar-refractivity contribution in [3.05, 3.63) is 104 Å². The number of nitro groups is 1. The Hall–Kier alpha value is -2.39. The molecule has 0 bridgehead atoms. The summed E-state index contributed by atoms with van der Waals surface area (Å²) in [6.07, 6.45) is 2.46. The molecule has 8 nitrogen and oxygen atoms in total. The summed E-state index contributed by atoms with van der Waals surface area (Å²) in [6.45, 7) is 4.28. The fourth-order valence-electron chi connectivity index (χ4n) is 3.61. The Morgan fingerprint density at radius 1 is 1.19 bits per heavy atom. The third-order valence-electron chi connectivity index (χ3n) is 5.73. The number of halogens is 3. The summed E-state index contributed by atoms with van der Waals surface area (Å²) in [6, 6.07) is 15.7. The Morgan fingerprint density at radius 3 is 2.59 bits per heavy atom. The molecule has 190 valence electrons. The molecule has 1 heterocycles. The minimum atomic E-state index is -0.424. The molecule has 1 atom stereocenters. The average molecular weight is 787 g/mol. The van der Waals surface area contributed by atoms with Crippen molar-refractivity contribution in [1.29, 1.82) is 0 Å². The van der Waals surface area contributed by atoms with Crippen molar-refractivity contribution in [2.45, 2.75) is 32.8 Å². The zero-order valence-corrected chi connectivity index (χ0v) is 25.7. The van der Waals surface area contributed by atoms with Crippen molar-refractivity contribution >= 4 is 83.9 Å². The lowest BCUT2D eigenvalue weighted by atomic mass is 10.1. The first-order valence-electron chi connectivity index (χ1n) is 11.3. The number of aromatic nitrogens is 2. The van der Waals surface area contributed by atoms with Crippen molar-refractivity contribution in [1.82, 2.24) is 9.66 Å². The summed E-state index contributed by atoms with van der Waals surface area (Å²) in [5.41, 5.74) is 1.95. The minimum absolute atomic E-state index is 0.0274. The van der Waals surface area contributed by atoms with Crippen molar-refractivity contribution in [3.63, 3.8) is 0 Å². The molecule has 37 heavy (non-hydrogen) atoms. The molecule has 1 aromatic heterocycles. The Balaban J connectivity index is 1.64. The molecule has 0 spiro atoms. The summed E-state index contributed by atoms with van der Waals surface area (Å²) < 4.78 is 9.89. The van der Waals surface area contributed by atoms with E-state index in [1.807, 2.05) is 38.1 Å². The van der Waals surface area contributed by atoms with E-state index < -0.39 is 4.92 Å². The Morgan fingerprint density at radius 2 is 1.92 bits per heavy atom. The second-order valence-electron chi connectivity index (χ2n) is 8.33. The summed E-state index contributed by atoms with van der Waals surface area (Å²) in [7, 11) is 0. The lowest BCUT2D eigenvalue weighted by Crippen LogP contribution is -2.23. The summed E-state index contributed by atoms with van der Waals surface area (Å²) in [5, 5.41) is 16.1. The standard InChI is InChI=1S/C26H21BrI2N4O4/c1-3-15(2)25-31-23-8-7-18(27)12-20(23)26(34)32(25)30-13-17-10-21(28)24(22(29)11-17)37-14-16-5-4-6-19(9-16)33(35)36/h4-13,15H,3,14H2,1-2H3/t15-/m0/s1. The van der Waals surface area contributed by atoms with Crippen LogP contribution in [0, 0.1) is 17.3 Å². The molecule has 4 aromatic rings. The molecule has 0 N–H and O–H groups in total. The topological polar surface area (TPSA) is 99.6 Å². The van der Waals surface area contributed by atoms with E-state index in [1.165, 1.54) is 16.8 Å². The first-order valence-corrected chi connectivity index (χ1v) is 14.2. The Bertz CT molecular complexity index is 1570. The molecule has 11 heteroatoms. The molecule has 0 aliphatic heterocycles. The molecule has 0 saturated carbocycles. The van der Waals surface area contributed by atoms with Gasteiger partial charge in [-0.2, -0.15) is 9.78 Å². The van der Waals surface area contributed by atoms with E-state index in [-0.39, 0.29) is 23.8 Å². The van der Waals surface area contributed by atoms with Crippen LogP contribution in [0.4, 0.5) is 5.69 Å². The van der Waals surface area contributed by atoms with Crippen molar-refractivity contribution in [2.24, 2.45) is 5.10 Å². The lowest BCUT2D eigenvalue weighted by Gasteiger charge is -2.14. The number of nitrogens with zero attached hydrogens (tertiary/aromatic N) is 4. The van der Waals surface area contributed by atoms with E-state index in [2.05, 4.69) is 66.2 Å². The van der Waals surface area contributed by atoms with Gasteiger partial charge in [-0.3, -0.25) is 14.9 Å². The number of non-ortho nitro benzene ring substituents is 1. The van der Waals surface area contributed by atoms with E-state index in [0.29, 0.717) is 28.0 Å². The first kappa shape index (κ1) is 27.6. The third-order valence-corrected chi connectivity index (χ3v) is 7.83. The van der Waals surface area contributed by atoms with E-state index in [0.717, 1.165) is 23.6 Å². The van der Waals surface area contributed by atoms with Gasteiger partial charge in [-0.1, -0.05) is 41.9 Å². The van der Waals surface area contributed by atoms with Crippen molar-refractivity contribution in [2.75, 3.05) is 0 Å². The molecule has 0 radical (unpaired) electrons. The molecule has 4 rings (SSSR count). The molecule has 3 aromatic carbocycles. The molecule has 0 fully saturated rings. The maximum absolute atomic E-state index is 13.3. The van der Waals surface area contributed by atoms with Crippen LogP contribution in [0.3, 0.4) is 0 Å². The average Bonchev–Trinajstić information content (AvgIpc) is 2.87. The molecule has 0 unspecified atom stereocenters. The van der Waals surface area contributed by atoms with Gasteiger partial charge in [0.1, 0.15) is 18.2 Å². The predicted octanol–water partition coefficient (Wildman–Crippen LogP) is 7.25. The van der Waals surface area contributed by atoms with Crippen LogP contribution < -0.4 is 10.3 Å². The fourth-order valence-corrected chi connectivity index (χ4v) is 6.10. The number of rotatable bonds is 8. The zero-order valence-electron chi connectivity index (χ0n) is 19.8. The van der Waals surface area contributed by atoms with Crippen LogP contribution in [0.25, 0.3) is 10.9 Å². The minimum Gasteiger partial charge on any atom is -0.487 e. The Labute approximate surface area is 248 Å². The van der Waals surface area contributed by atoms with Crippen LogP contribution >= 0.6 is 61.1 Å². The molecular weight excluding hydrogens is 766 g/mol. The monoisotopic (exact) mass is 786 g/mol. The van der Waals surface area contributed by atoms with Crippen LogP contribution in [0.1, 0.15) is 43.1 Å². The maximum atomic E-state index is 13.3. The number of fused-ring (bicyclic) bond motifs is 1. The largest absolute Gasteiger partial charge is 0.487 e. The zero-order chi connectivity index (χ0) is 26.7. The van der Waals surface area contributed by atoms with Gasteiger partial charge in [-0.25, -0.2) is 4.98 Å². The van der Waals surface area contributed by atoms with E-state index in [9.17, 15) is 14.9 Å². The van der Waals surface area contributed by atoms with Gasteiger partial charge in [0, 0.05) is 22.5 Å². The number of hydrogen-bond donors (Lipinski definition) is 0. The van der Waals surface area contributed by atoms with Gasteiger partial charge in [0.15, 0.2) is 0 Å². The van der Waals surface area contributed by atoms with Gasteiger partial charge < -0.3 is 4.74 Å². The number of hydrogen-bond acceptors (Lipinski definition) is 6. The summed E-state index contributed by atoms with van der Waals surface area (Å²) in [4.78, 5) is 28.7.